The molecular weight excluding hydrogens is 360 g/mol. The molecule has 0 unspecified atom stereocenters. The molecule has 3 aromatic rings. The number of nitrogens with zero attached hydrogens (tertiary/aromatic N) is 3. The summed E-state index contributed by atoms with van der Waals surface area (Å²) in [6.07, 6.45) is 1.58. The fourth-order valence-electron chi connectivity index (χ4n) is 3.50. The molecule has 0 N–H and O–H groups in total. The van der Waals surface area contributed by atoms with E-state index in [1.807, 2.05) is 42.5 Å². The number of para-hydroxylation sites is 2. The average molecular weight is 379 g/mol. The molecule has 2 aromatic carbocycles. The maximum Gasteiger partial charge on any atom is 0.279 e. The number of halogens is 2. The molecule has 0 aliphatic carbocycles. The number of pyridine rings is 1. The standard InChI is InChI=1S/C22H19F2N3O/c23-17-13-18(24)21(25-14-17)22(28)27-12-6-11-26(15-16-7-2-1-3-8-16)19-9-4-5-10-20(19)27/h1-5,7-10,13-14H,6,11-12,15H2. The van der Waals surface area contributed by atoms with Crippen LogP contribution in [0, 0.1) is 11.6 Å². The number of hydrogen-bond donors (Lipinski definition) is 0. The first kappa shape index (κ1) is 18.1. The van der Waals surface area contributed by atoms with Gasteiger partial charge in [-0.25, -0.2) is 13.8 Å². The van der Waals surface area contributed by atoms with Gasteiger partial charge in [0.2, 0.25) is 0 Å². The van der Waals surface area contributed by atoms with Crippen LogP contribution >= 0.6 is 0 Å². The Morgan fingerprint density at radius 2 is 1.68 bits per heavy atom. The van der Waals surface area contributed by atoms with Crippen molar-refractivity contribution in [3.05, 3.63) is 89.8 Å². The Hall–Kier alpha value is -3.28. The first-order valence-electron chi connectivity index (χ1n) is 9.14. The third kappa shape index (κ3) is 3.58. The molecule has 1 aromatic heterocycles. The molecule has 142 valence electrons. The van der Waals surface area contributed by atoms with E-state index in [1.165, 1.54) is 10.5 Å². The molecule has 6 heteroatoms. The van der Waals surface area contributed by atoms with Gasteiger partial charge >= 0.3 is 0 Å². The lowest BCUT2D eigenvalue weighted by molar-refractivity contribution is 0.0978. The zero-order valence-electron chi connectivity index (χ0n) is 15.2. The van der Waals surface area contributed by atoms with Crippen LogP contribution in [0.25, 0.3) is 0 Å². The molecule has 1 aliphatic heterocycles. The van der Waals surface area contributed by atoms with Crippen molar-refractivity contribution in [1.29, 1.82) is 0 Å². The quantitative estimate of drug-likeness (QED) is 0.676. The van der Waals surface area contributed by atoms with Gasteiger partial charge in [-0.05, 0) is 24.1 Å². The number of aromatic nitrogens is 1. The van der Waals surface area contributed by atoms with E-state index in [0.29, 0.717) is 24.8 Å². The third-order valence-corrected chi connectivity index (χ3v) is 4.79. The molecule has 0 radical (unpaired) electrons. The van der Waals surface area contributed by atoms with Gasteiger partial charge in [-0.1, -0.05) is 42.5 Å². The molecule has 0 saturated heterocycles. The normalized spacial score (nSPS) is 13.8. The van der Waals surface area contributed by atoms with Crippen molar-refractivity contribution in [3.63, 3.8) is 0 Å². The summed E-state index contributed by atoms with van der Waals surface area (Å²) in [6, 6.07) is 18.4. The molecular formula is C22H19F2N3O. The van der Waals surface area contributed by atoms with Crippen LogP contribution in [0.5, 0.6) is 0 Å². The van der Waals surface area contributed by atoms with Gasteiger partial charge in [-0.15, -0.1) is 0 Å². The van der Waals surface area contributed by atoms with Crippen LogP contribution in [0.1, 0.15) is 22.5 Å². The lowest BCUT2D eigenvalue weighted by Crippen LogP contribution is -2.33. The molecule has 2 heterocycles. The Morgan fingerprint density at radius 3 is 2.43 bits per heavy atom. The van der Waals surface area contributed by atoms with Gasteiger partial charge in [0.25, 0.3) is 5.91 Å². The second-order valence-corrected chi connectivity index (χ2v) is 6.69. The van der Waals surface area contributed by atoms with Gasteiger partial charge in [0, 0.05) is 25.7 Å². The second kappa shape index (κ2) is 7.76. The average Bonchev–Trinajstić information content (AvgIpc) is 2.88. The van der Waals surface area contributed by atoms with Crippen molar-refractivity contribution in [3.8, 4) is 0 Å². The zero-order valence-corrected chi connectivity index (χ0v) is 15.2. The number of amides is 1. The maximum absolute atomic E-state index is 14.1. The number of carbonyl (C=O) groups excluding carboxylic acids is 1. The summed E-state index contributed by atoms with van der Waals surface area (Å²) in [7, 11) is 0. The highest BCUT2D eigenvalue weighted by atomic mass is 19.1. The Labute approximate surface area is 162 Å². The molecule has 0 fully saturated rings. The summed E-state index contributed by atoms with van der Waals surface area (Å²) >= 11 is 0. The molecule has 0 atom stereocenters. The van der Waals surface area contributed by atoms with Crippen molar-refractivity contribution in [2.45, 2.75) is 13.0 Å². The van der Waals surface area contributed by atoms with Crippen LogP contribution in [-0.4, -0.2) is 24.0 Å². The molecule has 0 spiro atoms. The van der Waals surface area contributed by atoms with Gasteiger partial charge < -0.3 is 9.80 Å². The number of benzene rings is 2. The van der Waals surface area contributed by atoms with Crippen LogP contribution in [0.2, 0.25) is 0 Å². The molecule has 0 saturated carbocycles. The smallest absolute Gasteiger partial charge is 0.279 e. The van der Waals surface area contributed by atoms with E-state index in [4.69, 9.17) is 0 Å². The predicted octanol–water partition coefficient (Wildman–Crippen LogP) is 4.42. The van der Waals surface area contributed by atoms with E-state index >= 15 is 0 Å². The second-order valence-electron chi connectivity index (χ2n) is 6.69. The molecule has 0 bridgehead atoms. The lowest BCUT2D eigenvalue weighted by atomic mass is 10.1. The van der Waals surface area contributed by atoms with E-state index < -0.39 is 17.5 Å². The first-order valence-corrected chi connectivity index (χ1v) is 9.14. The topological polar surface area (TPSA) is 36.4 Å². The van der Waals surface area contributed by atoms with Crippen LogP contribution in [-0.2, 0) is 6.54 Å². The van der Waals surface area contributed by atoms with Gasteiger partial charge in [0.1, 0.15) is 5.82 Å². The fourth-order valence-corrected chi connectivity index (χ4v) is 3.50. The Morgan fingerprint density at radius 1 is 0.964 bits per heavy atom. The minimum absolute atomic E-state index is 0.368. The van der Waals surface area contributed by atoms with Crippen molar-refractivity contribution in [2.75, 3.05) is 22.9 Å². The van der Waals surface area contributed by atoms with E-state index in [-0.39, 0.29) is 5.69 Å². The SMILES string of the molecule is O=C(c1ncc(F)cc1F)N1CCCN(Cc2ccccc2)c2ccccc21. The molecule has 1 amide bonds. The van der Waals surface area contributed by atoms with Gasteiger partial charge in [0.05, 0.1) is 17.6 Å². The van der Waals surface area contributed by atoms with Gasteiger partial charge in [-0.3, -0.25) is 4.79 Å². The van der Waals surface area contributed by atoms with E-state index in [1.54, 1.807) is 0 Å². The lowest BCUT2D eigenvalue weighted by Gasteiger charge is -2.26. The Bertz CT molecular complexity index is 994. The number of fused-ring (bicyclic) bond motifs is 1. The minimum atomic E-state index is -0.951. The summed E-state index contributed by atoms with van der Waals surface area (Å²) < 4.78 is 27.3. The van der Waals surface area contributed by atoms with Gasteiger partial charge in [0.15, 0.2) is 11.5 Å². The fraction of sp³-hybridized carbons (Fsp3) is 0.182. The predicted molar refractivity (Wildman–Crippen MR) is 104 cm³/mol. The van der Waals surface area contributed by atoms with E-state index in [0.717, 1.165) is 24.8 Å². The summed E-state index contributed by atoms with van der Waals surface area (Å²) in [6.45, 7) is 1.90. The van der Waals surface area contributed by atoms with Crippen molar-refractivity contribution in [2.24, 2.45) is 0 Å². The van der Waals surface area contributed by atoms with Gasteiger partial charge in [-0.2, -0.15) is 0 Å². The Balaban J connectivity index is 1.69. The molecule has 1 aliphatic rings. The zero-order chi connectivity index (χ0) is 19.5. The highest BCUT2D eigenvalue weighted by molar-refractivity contribution is 6.07. The summed E-state index contributed by atoms with van der Waals surface area (Å²) in [5.74, 6) is -2.32. The number of rotatable bonds is 3. The molecule has 4 rings (SSSR count). The van der Waals surface area contributed by atoms with Crippen LogP contribution in [0.4, 0.5) is 20.2 Å². The number of carbonyl (C=O) groups is 1. The highest BCUT2D eigenvalue weighted by Crippen LogP contribution is 2.34. The van der Waals surface area contributed by atoms with Crippen molar-refractivity contribution in [1.82, 2.24) is 4.98 Å². The largest absolute Gasteiger partial charge is 0.365 e. The monoisotopic (exact) mass is 379 g/mol. The van der Waals surface area contributed by atoms with Crippen molar-refractivity contribution < 1.29 is 13.6 Å². The minimum Gasteiger partial charge on any atom is -0.365 e. The van der Waals surface area contributed by atoms with Crippen LogP contribution < -0.4 is 9.80 Å². The Kier molecular flexibility index (Phi) is 5.02. The van der Waals surface area contributed by atoms with E-state index in [9.17, 15) is 13.6 Å². The summed E-state index contributed by atoms with van der Waals surface area (Å²) in [4.78, 5) is 20.4. The number of anilines is 2. The highest BCUT2D eigenvalue weighted by Gasteiger charge is 2.28. The van der Waals surface area contributed by atoms with Crippen molar-refractivity contribution >= 4 is 17.3 Å². The summed E-state index contributed by atoms with van der Waals surface area (Å²) in [5.41, 5.74) is 2.40. The maximum atomic E-state index is 14.1. The number of hydrogen-bond acceptors (Lipinski definition) is 3. The molecule has 4 nitrogen and oxygen atoms in total. The first-order chi connectivity index (χ1) is 13.6. The molecule has 28 heavy (non-hydrogen) atoms. The summed E-state index contributed by atoms with van der Waals surface area (Å²) in [5, 5.41) is 0. The van der Waals surface area contributed by atoms with Crippen LogP contribution in [0.15, 0.2) is 66.9 Å². The third-order valence-electron chi connectivity index (χ3n) is 4.79. The van der Waals surface area contributed by atoms with Crippen LogP contribution in [0.3, 0.4) is 0 Å². The van der Waals surface area contributed by atoms with E-state index in [2.05, 4.69) is 22.0 Å².